The molecule has 0 radical (unpaired) electrons. The predicted octanol–water partition coefficient (Wildman–Crippen LogP) is 2.42. The Labute approximate surface area is 92.9 Å². The molecule has 0 bridgehead atoms. The summed E-state index contributed by atoms with van der Waals surface area (Å²) in [6.07, 6.45) is 5.16. The summed E-state index contributed by atoms with van der Waals surface area (Å²) in [6, 6.07) is 0. The van der Waals surface area contributed by atoms with E-state index < -0.39 is 0 Å². The van der Waals surface area contributed by atoms with Crippen LogP contribution in [0, 0.1) is 0 Å². The van der Waals surface area contributed by atoms with Crippen molar-refractivity contribution in [2.45, 2.75) is 13.3 Å². The fourth-order valence-corrected chi connectivity index (χ4v) is 0.847. The average molecular weight is 263 g/mol. The molecule has 0 N–H and O–H groups in total. The molecule has 3 nitrogen and oxygen atoms in total. The predicted molar refractivity (Wildman–Crippen MR) is 59.3 cm³/mol. The van der Waals surface area contributed by atoms with Crippen molar-refractivity contribution in [2.24, 2.45) is 0 Å². The Kier molecular flexibility index (Phi) is 10.3. The van der Waals surface area contributed by atoms with E-state index in [9.17, 15) is 4.79 Å². The van der Waals surface area contributed by atoms with Gasteiger partial charge >= 0.3 is 0 Å². The zero-order chi connectivity index (χ0) is 10.6. The third-order valence-corrected chi connectivity index (χ3v) is 1.70. The van der Waals surface area contributed by atoms with Crippen molar-refractivity contribution in [1.82, 2.24) is 0 Å². The Hall–Kier alpha value is -0.450. The van der Waals surface area contributed by atoms with E-state index in [1.807, 2.05) is 19.1 Å². The molecule has 0 saturated carbocycles. The molecular weight excluding hydrogens is 248 g/mol. The van der Waals surface area contributed by atoms with Gasteiger partial charge in [0.05, 0.1) is 13.2 Å². The summed E-state index contributed by atoms with van der Waals surface area (Å²) < 4.78 is 9.44. The van der Waals surface area contributed by atoms with Crippen molar-refractivity contribution < 1.29 is 14.3 Å². The van der Waals surface area contributed by atoms with Gasteiger partial charge < -0.3 is 14.3 Å². The van der Waals surface area contributed by atoms with Crippen LogP contribution in [0.1, 0.15) is 13.3 Å². The van der Waals surface area contributed by atoms with Gasteiger partial charge in [0.15, 0.2) is 0 Å². The van der Waals surface area contributed by atoms with Crippen molar-refractivity contribution in [3.8, 4) is 0 Å². The van der Waals surface area contributed by atoms with Crippen LogP contribution in [0.4, 0.5) is 0 Å². The molecule has 0 atom stereocenters. The topological polar surface area (TPSA) is 35.5 Å². The number of halogens is 1. The van der Waals surface area contributed by atoms with Gasteiger partial charge in [-0.3, -0.25) is 0 Å². The highest BCUT2D eigenvalue weighted by Gasteiger charge is 1.93. The van der Waals surface area contributed by atoms with Crippen LogP contribution in [-0.4, -0.2) is 26.3 Å². The van der Waals surface area contributed by atoms with Crippen LogP contribution >= 0.6 is 15.9 Å². The summed E-state index contributed by atoms with van der Waals surface area (Å²) in [5, 5.41) is 0. The van der Waals surface area contributed by atoms with Gasteiger partial charge in [0.2, 0.25) is 0 Å². The molecule has 4 heteroatoms. The Balaban J connectivity index is 0.000000280. The molecule has 1 aliphatic heterocycles. The third-order valence-electron chi connectivity index (χ3n) is 1.40. The maximum atomic E-state index is 9.90. The van der Waals surface area contributed by atoms with Crippen molar-refractivity contribution >= 4 is 22.2 Å². The summed E-state index contributed by atoms with van der Waals surface area (Å²) in [4.78, 5) is 11.7. The number of carbonyl (C=O) groups excluding carboxylic acids is 1. The molecule has 0 aromatic carbocycles. The van der Waals surface area contributed by atoms with E-state index in [0.29, 0.717) is 13.2 Å². The number of hydrogen-bond donors (Lipinski definition) is 0. The van der Waals surface area contributed by atoms with Crippen LogP contribution < -0.4 is 0 Å². The molecule has 0 unspecified atom stereocenters. The molecule has 1 heterocycles. The second kappa shape index (κ2) is 10.6. The lowest BCUT2D eigenvalue weighted by Crippen LogP contribution is -1.79. The fraction of sp³-hybridized carbons (Fsp3) is 0.500. The highest BCUT2D eigenvalue weighted by molar-refractivity contribution is 9.11. The van der Waals surface area contributed by atoms with Gasteiger partial charge in [0.1, 0.15) is 13.1 Å². The minimum Gasteiger partial charge on any atom is -0.353 e. The number of rotatable bonds is 3. The lowest BCUT2D eigenvalue weighted by molar-refractivity contribution is -0.107. The minimum absolute atomic E-state index is 0.500. The smallest absolute Gasteiger partial charge is 0.146 e. The van der Waals surface area contributed by atoms with Crippen LogP contribution in [0.2, 0.25) is 0 Å². The summed E-state index contributed by atoms with van der Waals surface area (Å²) in [7, 11) is 0. The highest BCUT2D eigenvalue weighted by Crippen LogP contribution is 1.97. The zero-order valence-corrected chi connectivity index (χ0v) is 9.83. The van der Waals surface area contributed by atoms with E-state index in [0.717, 1.165) is 25.1 Å². The van der Waals surface area contributed by atoms with E-state index in [1.165, 1.54) is 0 Å². The summed E-state index contributed by atoms with van der Waals surface area (Å²) in [5.74, 6) is 0. The van der Waals surface area contributed by atoms with Gasteiger partial charge in [0, 0.05) is 6.42 Å². The van der Waals surface area contributed by atoms with Gasteiger partial charge in [-0.15, -0.1) is 0 Å². The summed E-state index contributed by atoms with van der Waals surface area (Å²) >= 11 is 3.12. The van der Waals surface area contributed by atoms with Crippen molar-refractivity contribution in [1.29, 1.82) is 0 Å². The van der Waals surface area contributed by atoms with E-state index >= 15 is 0 Å². The third kappa shape index (κ3) is 9.64. The number of hydrogen-bond acceptors (Lipinski definition) is 3. The van der Waals surface area contributed by atoms with E-state index in [-0.39, 0.29) is 0 Å². The molecule has 1 aliphatic rings. The molecule has 80 valence electrons. The lowest BCUT2D eigenvalue weighted by atomic mass is 10.2. The highest BCUT2D eigenvalue weighted by atomic mass is 79.9. The van der Waals surface area contributed by atoms with Crippen molar-refractivity contribution in [2.75, 3.05) is 20.0 Å². The second-order valence-electron chi connectivity index (χ2n) is 2.64. The Morgan fingerprint density at radius 1 is 1.43 bits per heavy atom. The van der Waals surface area contributed by atoms with Gasteiger partial charge in [-0.25, -0.2) is 0 Å². The van der Waals surface area contributed by atoms with Crippen molar-refractivity contribution in [3.63, 3.8) is 0 Å². The Bertz CT molecular complexity index is 188. The first kappa shape index (κ1) is 13.5. The van der Waals surface area contributed by atoms with E-state index in [4.69, 9.17) is 9.47 Å². The number of aldehydes is 1. The molecule has 0 spiro atoms. The maximum Gasteiger partial charge on any atom is 0.146 e. The number of ether oxygens (including phenoxy) is 2. The molecule has 1 rings (SSSR count). The summed E-state index contributed by atoms with van der Waals surface area (Å²) in [6.45, 7) is 3.97. The standard InChI is InChI=1S/C7H9BrO.C3H6O2/c1-7(4-6-9)3-2-5-8;1-2-5-3-4-1/h2-3,5-6H,4H2,1H3;1-3H2. The molecule has 1 saturated heterocycles. The van der Waals surface area contributed by atoms with E-state index in [1.54, 1.807) is 4.99 Å². The Morgan fingerprint density at radius 3 is 2.43 bits per heavy atom. The van der Waals surface area contributed by atoms with Gasteiger partial charge in [-0.1, -0.05) is 33.7 Å². The fourth-order valence-electron chi connectivity index (χ4n) is 0.695. The van der Waals surface area contributed by atoms with Crippen LogP contribution in [0.5, 0.6) is 0 Å². The molecular formula is C10H15BrO3. The van der Waals surface area contributed by atoms with Crippen LogP contribution in [0.25, 0.3) is 0 Å². The van der Waals surface area contributed by atoms with Gasteiger partial charge in [0.25, 0.3) is 0 Å². The molecule has 14 heavy (non-hydrogen) atoms. The molecule has 1 fully saturated rings. The lowest BCUT2D eigenvalue weighted by Gasteiger charge is -1.86. The first-order chi connectivity index (χ1) is 6.81. The Morgan fingerprint density at radius 2 is 2.07 bits per heavy atom. The zero-order valence-electron chi connectivity index (χ0n) is 8.24. The SMILES string of the molecule is C1COCO1.CC(=CC=CBr)CC=O. The van der Waals surface area contributed by atoms with Crippen LogP contribution in [-0.2, 0) is 14.3 Å². The minimum atomic E-state index is 0.500. The molecule has 0 aromatic heterocycles. The van der Waals surface area contributed by atoms with Gasteiger partial charge in [-0.05, 0) is 11.9 Å². The monoisotopic (exact) mass is 262 g/mol. The second-order valence-corrected chi connectivity index (χ2v) is 3.17. The molecule has 0 aliphatic carbocycles. The maximum absolute atomic E-state index is 9.90. The molecule has 0 aromatic rings. The number of allylic oxidation sites excluding steroid dienone is 3. The first-order valence-electron chi connectivity index (χ1n) is 4.33. The first-order valence-corrected chi connectivity index (χ1v) is 5.24. The largest absolute Gasteiger partial charge is 0.353 e. The van der Waals surface area contributed by atoms with Crippen LogP contribution in [0.15, 0.2) is 22.7 Å². The summed E-state index contributed by atoms with van der Waals surface area (Å²) in [5.41, 5.74) is 1.07. The normalized spacial score (nSPS) is 16.6. The average Bonchev–Trinajstić information content (AvgIpc) is 2.73. The number of carbonyl (C=O) groups is 1. The van der Waals surface area contributed by atoms with E-state index in [2.05, 4.69) is 15.9 Å². The van der Waals surface area contributed by atoms with Gasteiger partial charge in [-0.2, -0.15) is 0 Å². The molecule has 0 amide bonds. The quantitative estimate of drug-likeness (QED) is 0.579. The van der Waals surface area contributed by atoms with Crippen molar-refractivity contribution in [3.05, 3.63) is 22.7 Å². The van der Waals surface area contributed by atoms with Crippen LogP contribution in [0.3, 0.4) is 0 Å².